The topological polar surface area (TPSA) is 60.2 Å². The van der Waals surface area contributed by atoms with Gasteiger partial charge < -0.3 is 14.6 Å². The standard InChI is InChI=1S/C14H17N3O2/c1-18-12-5-3-2-4-11(12)7-13-16-14(19-17-13)6-10-8-15-9-10/h2-5,10,15H,6-9H2,1H3. The van der Waals surface area contributed by atoms with Crippen LogP contribution in [-0.2, 0) is 12.8 Å². The zero-order chi connectivity index (χ0) is 13.1. The smallest absolute Gasteiger partial charge is 0.227 e. The summed E-state index contributed by atoms with van der Waals surface area (Å²) in [6.07, 6.45) is 1.50. The van der Waals surface area contributed by atoms with Crippen molar-refractivity contribution in [1.82, 2.24) is 15.5 Å². The van der Waals surface area contributed by atoms with E-state index < -0.39 is 0 Å². The van der Waals surface area contributed by atoms with Gasteiger partial charge in [0.1, 0.15) is 5.75 Å². The summed E-state index contributed by atoms with van der Waals surface area (Å²) in [6.45, 7) is 2.09. The number of methoxy groups -OCH3 is 1. The van der Waals surface area contributed by atoms with Crippen LogP contribution in [0.25, 0.3) is 0 Å². The molecule has 1 aliphatic rings. The molecule has 2 aromatic rings. The fraction of sp³-hybridized carbons (Fsp3) is 0.429. The van der Waals surface area contributed by atoms with E-state index in [1.54, 1.807) is 7.11 Å². The number of nitrogens with one attached hydrogen (secondary N) is 1. The zero-order valence-electron chi connectivity index (χ0n) is 10.9. The number of nitrogens with zero attached hydrogens (tertiary/aromatic N) is 2. The summed E-state index contributed by atoms with van der Waals surface area (Å²) < 4.78 is 10.6. The van der Waals surface area contributed by atoms with E-state index in [0.29, 0.717) is 18.2 Å². The van der Waals surface area contributed by atoms with Gasteiger partial charge >= 0.3 is 0 Å². The van der Waals surface area contributed by atoms with Crippen LogP contribution >= 0.6 is 0 Å². The molecule has 1 aromatic heterocycles. The molecule has 0 spiro atoms. The number of hydrogen-bond donors (Lipinski definition) is 1. The Kier molecular flexibility index (Phi) is 3.46. The minimum absolute atomic E-state index is 0.635. The summed E-state index contributed by atoms with van der Waals surface area (Å²) >= 11 is 0. The van der Waals surface area contributed by atoms with Crippen molar-refractivity contribution in [3.05, 3.63) is 41.5 Å². The van der Waals surface area contributed by atoms with Gasteiger partial charge in [0, 0.05) is 18.4 Å². The predicted octanol–water partition coefficient (Wildman–Crippen LogP) is 1.43. The van der Waals surface area contributed by atoms with Crippen molar-refractivity contribution in [1.29, 1.82) is 0 Å². The third kappa shape index (κ3) is 2.76. The fourth-order valence-corrected chi connectivity index (χ4v) is 2.20. The second-order valence-electron chi connectivity index (χ2n) is 4.82. The summed E-state index contributed by atoms with van der Waals surface area (Å²) in [4.78, 5) is 4.44. The first kappa shape index (κ1) is 12.2. The SMILES string of the molecule is COc1ccccc1Cc1noc(CC2CNC2)n1. The minimum Gasteiger partial charge on any atom is -0.496 e. The summed E-state index contributed by atoms with van der Waals surface area (Å²) in [5, 5.41) is 7.27. The molecular weight excluding hydrogens is 242 g/mol. The molecule has 100 valence electrons. The van der Waals surface area contributed by atoms with E-state index in [1.807, 2.05) is 24.3 Å². The summed E-state index contributed by atoms with van der Waals surface area (Å²) in [5.41, 5.74) is 1.07. The number of benzene rings is 1. The molecule has 0 radical (unpaired) electrons. The maximum absolute atomic E-state index is 5.32. The molecule has 1 saturated heterocycles. The Bertz CT molecular complexity index is 549. The summed E-state index contributed by atoms with van der Waals surface area (Å²) in [5.74, 6) is 2.94. The van der Waals surface area contributed by atoms with Crippen LogP contribution in [0.2, 0.25) is 0 Å². The second-order valence-corrected chi connectivity index (χ2v) is 4.82. The minimum atomic E-state index is 0.635. The molecule has 19 heavy (non-hydrogen) atoms. The Hall–Kier alpha value is -1.88. The van der Waals surface area contributed by atoms with Crippen molar-refractivity contribution in [2.45, 2.75) is 12.8 Å². The van der Waals surface area contributed by atoms with Crippen molar-refractivity contribution in [2.75, 3.05) is 20.2 Å². The molecule has 5 heteroatoms. The first-order valence-electron chi connectivity index (χ1n) is 6.49. The molecule has 0 aliphatic carbocycles. The highest BCUT2D eigenvalue weighted by Gasteiger charge is 2.20. The number of rotatable bonds is 5. The van der Waals surface area contributed by atoms with E-state index in [-0.39, 0.29) is 0 Å². The van der Waals surface area contributed by atoms with Crippen LogP contribution in [0.15, 0.2) is 28.8 Å². The highest BCUT2D eigenvalue weighted by atomic mass is 16.5. The second kappa shape index (κ2) is 5.40. The third-order valence-electron chi connectivity index (χ3n) is 3.38. The van der Waals surface area contributed by atoms with Gasteiger partial charge in [0.05, 0.1) is 7.11 Å². The number of aromatic nitrogens is 2. The molecule has 5 nitrogen and oxygen atoms in total. The molecule has 1 aliphatic heterocycles. The monoisotopic (exact) mass is 259 g/mol. The average Bonchev–Trinajstić information content (AvgIpc) is 2.82. The first-order valence-corrected chi connectivity index (χ1v) is 6.49. The van der Waals surface area contributed by atoms with Crippen molar-refractivity contribution < 1.29 is 9.26 Å². The van der Waals surface area contributed by atoms with Crippen molar-refractivity contribution in [3.8, 4) is 5.75 Å². The Balaban J connectivity index is 1.68. The van der Waals surface area contributed by atoms with Crippen LogP contribution in [-0.4, -0.2) is 30.3 Å². The Morgan fingerprint density at radius 1 is 1.37 bits per heavy atom. The maximum Gasteiger partial charge on any atom is 0.227 e. The predicted molar refractivity (Wildman–Crippen MR) is 70.2 cm³/mol. The summed E-state index contributed by atoms with van der Waals surface area (Å²) in [6, 6.07) is 7.90. The fourth-order valence-electron chi connectivity index (χ4n) is 2.20. The molecule has 0 unspecified atom stereocenters. The van der Waals surface area contributed by atoms with Gasteiger partial charge in [0.15, 0.2) is 5.82 Å². The van der Waals surface area contributed by atoms with Crippen LogP contribution in [0.5, 0.6) is 5.75 Å². The lowest BCUT2D eigenvalue weighted by Crippen LogP contribution is -2.43. The van der Waals surface area contributed by atoms with Crippen LogP contribution in [0.1, 0.15) is 17.3 Å². The van der Waals surface area contributed by atoms with E-state index in [2.05, 4.69) is 15.5 Å². The van der Waals surface area contributed by atoms with Crippen LogP contribution in [0.4, 0.5) is 0 Å². The third-order valence-corrected chi connectivity index (χ3v) is 3.38. The van der Waals surface area contributed by atoms with Crippen molar-refractivity contribution in [2.24, 2.45) is 5.92 Å². The molecule has 2 heterocycles. The van der Waals surface area contributed by atoms with Gasteiger partial charge in [-0.05, 0) is 25.1 Å². The van der Waals surface area contributed by atoms with Gasteiger partial charge in [-0.15, -0.1) is 0 Å². The Labute approximate surface area is 112 Å². The van der Waals surface area contributed by atoms with Gasteiger partial charge in [0.2, 0.25) is 5.89 Å². The van der Waals surface area contributed by atoms with E-state index in [0.717, 1.165) is 36.7 Å². The van der Waals surface area contributed by atoms with Crippen molar-refractivity contribution in [3.63, 3.8) is 0 Å². The first-order chi connectivity index (χ1) is 9.35. The maximum atomic E-state index is 5.32. The number of hydrogen-bond acceptors (Lipinski definition) is 5. The van der Waals surface area contributed by atoms with E-state index in [4.69, 9.17) is 9.26 Å². The molecule has 1 N–H and O–H groups in total. The highest BCUT2D eigenvalue weighted by Crippen LogP contribution is 2.20. The number of ether oxygens (including phenoxy) is 1. The van der Waals surface area contributed by atoms with Gasteiger partial charge in [0.25, 0.3) is 0 Å². The van der Waals surface area contributed by atoms with Crippen LogP contribution < -0.4 is 10.1 Å². The number of para-hydroxylation sites is 1. The lowest BCUT2D eigenvalue weighted by Gasteiger charge is -2.25. The van der Waals surface area contributed by atoms with Gasteiger partial charge in [-0.3, -0.25) is 0 Å². The van der Waals surface area contributed by atoms with Crippen LogP contribution in [0, 0.1) is 5.92 Å². The van der Waals surface area contributed by atoms with E-state index in [9.17, 15) is 0 Å². The average molecular weight is 259 g/mol. The molecule has 0 saturated carbocycles. The quantitative estimate of drug-likeness (QED) is 0.880. The van der Waals surface area contributed by atoms with E-state index >= 15 is 0 Å². The van der Waals surface area contributed by atoms with Crippen molar-refractivity contribution >= 4 is 0 Å². The lowest BCUT2D eigenvalue weighted by molar-refractivity contribution is 0.295. The Morgan fingerprint density at radius 2 is 2.21 bits per heavy atom. The largest absolute Gasteiger partial charge is 0.496 e. The molecular formula is C14H17N3O2. The Morgan fingerprint density at radius 3 is 2.95 bits per heavy atom. The normalized spacial score (nSPS) is 15.2. The zero-order valence-corrected chi connectivity index (χ0v) is 10.9. The molecule has 3 rings (SSSR count). The van der Waals surface area contributed by atoms with Gasteiger partial charge in [-0.2, -0.15) is 4.98 Å². The van der Waals surface area contributed by atoms with Crippen LogP contribution in [0.3, 0.4) is 0 Å². The van der Waals surface area contributed by atoms with Gasteiger partial charge in [-0.1, -0.05) is 23.4 Å². The molecule has 1 aromatic carbocycles. The molecule has 0 amide bonds. The van der Waals surface area contributed by atoms with Gasteiger partial charge in [-0.25, -0.2) is 0 Å². The highest BCUT2D eigenvalue weighted by molar-refractivity contribution is 5.35. The molecule has 0 bridgehead atoms. The van der Waals surface area contributed by atoms with E-state index in [1.165, 1.54) is 0 Å². The molecule has 1 fully saturated rings. The molecule has 0 atom stereocenters. The summed E-state index contributed by atoms with van der Waals surface area (Å²) in [7, 11) is 1.67. The lowest BCUT2D eigenvalue weighted by atomic mass is 10.00.